The molecule has 0 saturated heterocycles. The van der Waals surface area contributed by atoms with E-state index in [4.69, 9.17) is 5.73 Å². The second-order valence-electron chi connectivity index (χ2n) is 4.63. The number of thiophene rings is 1. The molecule has 17 heavy (non-hydrogen) atoms. The third kappa shape index (κ3) is 2.87. The summed E-state index contributed by atoms with van der Waals surface area (Å²) < 4.78 is 0. The van der Waals surface area contributed by atoms with E-state index in [1.807, 2.05) is 23.1 Å². The fourth-order valence-corrected chi connectivity index (χ4v) is 4.17. The van der Waals surface area contributed by atoms with Crippen LogP contribution in [0, 0.1) is 0 Å². The number of nitrogens with zero attached hydrogens (tertiary/aromatic N) is 1. The molecule has 0 aromatic carbocycles. The lowest BCUT2D eigenvalue weighted by atomic mass is 9.98. The van der Waals surface area contributed by atoms with Crippen molar-refractivity contribution >= 4 is 23.1 Å². The Labute approximate surface area is 113 Å². The molecule has 96 valence electrons. The highest BCUT2D eigenvalue weighted by atomic mass is 32.2. The van der Waals surface area contributed by atoms with Gasteiger partial charge in [-0.1, -0.05) is 0 Å². The molecule has 4 heteroatoms. The smallest absolute Gasteiger partial charge is 0.0334 e. The molecule has 0 spiro atoms. The van der Waals surface area contributed by atoms with Crippen molar-refractivity contribution in [2.45, 2.75) is 31.8 Å². The first kappa shape index (κ1) is 13.4. The van der Waals surface area contributed by atoms with E-state index < -0.39 is 0 Å². The number of hydrogen-bond donors (Lipinski definition) is 1. The first-order chi connectivity index (χ1) is 8.27. The number of fused-ring (bicyclic) bond motifs is 1. The predicted octanol–water partition coefficient (Wildman–Crippen LogP) is 2.75. The van der Waals surface area contributed by atoms with E-state index in [1.54, 1.807) is 4.88 Å². The fraction of sp³-hybridized carbons (Fsp3) is 0.692. The van der Waals surface area contributed by atoms with Gasteiger partial charge in [-0.25, -0.2) is 0 Å². The molecule has 2 atom stereocenters. The standard InChI is InChI=1S/C13H22N2S2/c1-10-12-5-8-17-13(12)3-6-15(10)11(9-14)4-7-16-2/h5,8,10-11H,3-4,6-7,9,14H2,1-2H3. The lowest BCUT2D eigenvalue weighted by Crippen LogP contribution is -2.45. The van der Waals surface area contributed by atoms with Gasteiger partial charge in [0, 0.05) is 30.1 Å². The van der Waals surface area contributed by atoms with Crippen molar-refractivity contribution in [3.8, 4) is 0 Å². The third-order valence-corrected chi connectivity index (χ3v) is 5.36. The van der Waals surface area contributed by atoms with Crippen molar-refractivity contribution in [2.75, 3.05) is 25.1 Å². The van der Waals surface area contributed by atoms with E-state index in [2.05, 4.69) is 29.5 Å². The summed E-state index contributed by atoms with van der Waals surface area (Å²) in [5.41, 5.74) is 7.48. The van der Waals surface area contributed by atoms with Gasteiger partial charge in [-0.2, -0.15) is 11.8 Å². The van der Waals surface area contributed by atoms with Gasteiger partial charge in [0.2, 0.25) is 0 Å². The lowest BCUT2D eigenvalue weighted by molar-refractivity contribution is 0.136. The molecular weight excluding hydrogens is 248 g/mol. The number of nitrogens with two attached hydrogens (primary N) is 1. The molecule has 0 saturated carbocycles. The Morgan fingerprint density at radius 1 is 1.65 bits per heavy atom. The van der Waals surface area contributed by atoms with Crippen molar-refractivity contribution in [3.05, 3.63) is 21.9 Å². The Morgan fingerprint density at radius 3 is 3.18 bits per heavy atom. The van der Waals surface area contributed by atoms with Gasteiger partial charge >= 0.3 is 0 Å². The Bertz CT molecular complexity index is 351. The molecule has 1 aliphatic rings. The van der Waals surface area contributed by atoms with Crippen LogP contribution in [0.1, 0.15) is 29.8 Å². The second-order valence-corrected chi connectivity index (χ2v) is 6.62. The third-order valence-electron chi connectivity index (χ3n) is 3.72. The first-order valence-electron chi connectivity index (χ1n) is 6.29. The van der Waals surface area contributed by atoms with Gasteiger partial charge < -0.3 is 5.73 Å². The van der Waals surface area contributed by atoms with Crippen LogP contribution in [0.15, 0.2) is 11.4 Å². The predicted molar refractivity (Wildman–Crippen MR) is 79.0 cm³/mol. The molecular formula is C13H22N2S2. The number of hydrogen-bond acceptors (Lipinski definition) is 4. The first-order valence-corrected chi connectivity index (χ1v) is 8.56. The molecule has 1 aromatic heterocycles. The molecule has 0 bridgehead atoms. The van der Waals surface area contributed by atoms with Gasteiger partial charge in [-0.15, -0.1) is 11.3 Å². The molecule has 0 fully saturated rings. The molecule has 2 rings (SSSR count). The molecule has 2 nitrogen and oxygen atoms in total. The van der Waals surface area contributed by atoms with Crippen LogP contribution >= 0.6 is 23.1 Å². The number of thioether (sulfide) groups is 1. The summed E-state index contributed by atoms with van der Waals surface area (Å²) in [4.78, 5) is 4.18. The minimum Gasteiger partial charge on any atom is -0.329 e. The zero-order valence-corrected chi connectivity index (χ0v) is 12.3. The normalized spacial score (nSPS) is 22.4. The minimum atomic E-state index is 0.542. The van der Waals surface area contributed by atoms with E-state index in [1.165, 1.54) is 30.7 Å². The Morgan fingerprint density at radius 2 is 2.47 bits per heavy atom. The van der Waals surface area contributed by atoms with E-state index >= 15 is 0 Å². The van der Waals surface area contributed by atoms with Crippen LogP contribution in [0.2, 0.25) is 0 Å². The molecule has 1 aliphatic heterocycles. The van der Waals surface area contributed by atoms with Gasteiger partial charge in [-0.3, -0.25) is 4.90 Å². The Kier molecular flexibility index (Phi) is 4.91. The summed E-state index contributed by atoms with van der Waals surface area (Å²) in [5, 5.41) is 2.23. The van der Waals surface area contributed by atoms with Crippen LogP contribution in [0.3, 0.4) is 0 Å². The summed E-state index contributed by atoms with van der Waals surface area (Å²) in [6, 6.07) is 3.38. The average Bonchev–Trinajstić information content (AvgIpc) is 2.81. The van der Waals surface area contributed by atoms with Crippen LogP contribution in [0.4, 0.5) is 0 Å². The van der Waals surface area contributed by atoms with Crippen LogP contribution in [0.5, 0.6) is 0 Å². The maximum atomic E-state index is 5.95. The molecule has 2 N–H and O–H groups in total. The maximum absolute atomic E-state index is 5.95. The summed E-state index contributed by atoms with van der Waals surface area (Å²) >= 11 is 3.82. The lowest BCUT2D eigenvalue weighted by Gasteiger charge is -2.39. The summed E-state index contributed by atoms with van der Waals surface area (Å²) in [6.45, 7) is 4.28. The van der Waals surface area contributed by atoms with Crippen LogP contribution in [0.25, 0.3) is 0 Å². The van der Waals surface area contributed by atoms with Gasteiger partial charge in [0.15, 0.2) is 0 Å². The van der Waals surface area contributed by atoms with Gasteiger partial charge in [0.25, 0.3) is 0 Å². The Hall–Kier alpha value is -0.0300. The largest absolute Gasteiger partial charge is 0.329 e. The van der Waals surface area contributed by atoms with Crippen LogP contribution in [-0.2, 0) is 6.42 Å². The molecule has 1 aromatic rings. The zero-order chi connectivity index (χ0) is 12.3. The molecule has 0 aliphatic carbocycles. The van der Waals surface area contributed by atoms with E-state index in [-0.39, 0.29) is 0 Å². The second kappa shape index (κ2) is 6.23. The van der Waals surface area contributed by atoms with Crippen molar-refractivity contribution in [1.82, 2.24) is 4.90 Å². The Balaban J connectivity index is 2.07. The van der Waals surface area contributed by atoms with E-state index in [0.29, 0.717) is 12.1 Å². The highest BCUT2D eigenvalue weighted by Gasteiger charge is 2.29. The fourth-order valence-electron chi connectivity index (χ4n) is 2.70. The minimum absolute atomic E-state index is 0.542. The summed E-state index contributed by atoms with van der Waals surface area (Å²) in [6.07, 6.45) is 4.58. The topological polar surface area (TPSA) is 29.3 Å². The van der Waals surface area contributed by atoms with Crippen LogP contribution in [-0.4, -0.2) is 36.0 Å². The molecule has 2 heterocycles. The quantitative estimate of drug-likeness (QED) is 0.892. The van der Waals surface area contributed by atoms with Crippen molar-refractivity contribution < 1.29 is 0 Å². The maximum Gasteiger partial charge on any atom is 0.0334 e. The van der Waals surface area contributed by atoms with Gasteiger partial charge in [0.05, 0.1) is 0 Å². The van der Waals surface area contributed by atoms with Crippen molar-refractivity contribution in [3.63, 3.8) is 0 Å². The van der Waals surface area contributed by atoms with Gasteiger partial charge in [-0.05, 0) is 48.8 Å². The zero-order valence-electron chi connectivity index (χ0n) is 10.7. The van der Waals surface area contributed by atoms with E-state index in [0.717, 1.165) is 6.54 Å². The molecule has 0 radical (unpaired) electrons. The monoisotopic (exact) mass is 270 g/mol. The number of rotatable bonds is 5. The van der Waals surface area contributed by atoms with E-state index in [9.17, 15) is 0 Å². The summed E-state index contributed by atoms with van der Waals surface area (Å²) in [7, 11) is 0. The molecule has 0 amide bonds. The van der Waals surface area contributed by atoms with Crippen molar-refractivity contribution in [1.29, 1.82) is 0 Å². The van der Waals surface area contributed by atoms with Crippen molar-refractivity contribution in [2.24, 2.45) is 5.73 Å². The highest BCUT2D eigenvalue weighted by Crippen LogP contribution is 2.34. The molecule has 2 unspecified atom stereocenters. The summed E-state index contributed by atoms with van der Waals surface area (Å²) in [5.74, 6) is 1.21. The van der Waals surface area contributed by atoms with Gasteiger partial charge in [0.1, 0.15) is 0 Å². The average molecular weight is 270 g/mol. The van der Waals surface area contributed by atoms with Crippen LogP contribution < -0.4 is 5.73 Å². The SMILES string of the molecule is CSCCC(CN)N1CCc2sccc2C1C. The highest BCUT2D eigenvalue weighted by molar-refractivity contribution is 7.98.